The van der Waals surface area contributed by atoms with Crippen LogP contribution in [0.3, 0.4) is 0 Å². The molecule has 0 spiro atoms. The van der Waals surface area contributed by atoms with E-state index in [9.17, 15) is 9.59 Å². The molecule has 19 heavy (non-hydrogen) atoms. The molecule has 98 valence electrons. The lowest BCUT2D eigenvalue weighted by Crippen LogP contribution is -2.17. The maximum Gasteiger partial charge on any atom is 0.338 e. The molecule has 1 aromatic rings. The van der Waals surface area contributed by atoms with Crippen molar-refractivity contribution in [3.63, 3.8) is 0 Å². The van der Waals surface area contributed by atoms with Crippen molar-refractivity contribution in [2.24, 2.45) is 5.73 Å². The SMILES string of the molecule is C/C(N)=C(/C#N)C(=O)COC(=O)c1ccc(O)cc1. The number of carbonyl (C=O) groups is 2. The van der Waals surface area contributed by atoms with E-state index in [-0.39, 0.29) is 22.6 Å². The second kappa shape index (κ2) is 6.21. The number of ketones is 1. The molecule has 0 aromatic heterocycles. The Morgan fingerprint density at radius 1 is 1.37 bits per heavy atom. The van der Waals surface area contributed by atoms with Gasteiger partial charge in [-0.1, -0.05) is 0 Å². The van der Waals surface area contributed by atoms with Crippen molar-refractivity contribution < 1.29 is 19.4 Å². The van der Waals surface area contributed by atoms with Gasteiger partial charge in [0, 0.05) is 5.70 Å². The van der Waals surface area contributed by atoms with Gasteiger partial charge in [-0.2, -0.15) is 5.26 Å². The highest BCUT2D eigenvalue weighted by Gasteiger charge is 2.15. The molecule has 0 aliphatic rings. The summed E-state index contributed by atoms with van der Waals surface area (Å²) >= 11 is 0. The largest absolute Gasteiger partial charge is 0.508 e. The Morgan fingerprint density at radius 3 is 2.42 bits per heavy atom. The zero-order valence-corrected chi connectivity index (χ0v) is 10.2. The average molecular weight is 260 g/mol. The molecule has 6 heteroatoms. The van der Waals surface area contributed by atoms with Crippen molar-refractivity contribution in [1.29, 1.82) is 5.26 Å². The minimum atomic E-state index is -0.722. The van der Waals surface area contributed by atoms with E-state index in [1.807, 2.05) is 0 Å². The number of nitrogens with two attached hydrogens (primary N) is 1. The molecule has 6 nitrogen and oxygen atoms in total. The van der Waals surface area contributed by atoms with Crippen molar-refractivity contribution in [3.05, 3.63) is 41.1 Å². The number of nitriles is 1. The number of nitrogens with zero attached hydrogens (tertiary/aromatic N) is 1. The quantitative estimate of drug-likeness (QED) is 0.472. The highest BCUT2D eigenvalue weighted by Crippen LogP contribution is 2.10. The minimum Gasteiger partial charge on any atom is -0.508 e. The van der Waals surface area contributed by atoms with E-state index in [4.69, 9.17) is 20.8 Å². The van der Waals surface area contributed by atoms with Gasteiger partial charge in [0.2, 0.25) is 5.78 Å². The van der Waals surface area contributed by atoms with Crippen LogP contribution in [0.4, 0.5) is 0 Å². The zero-order chi connectivity index (χ0) is 14.4. The first-order valence-corrected chi connectivity index (χ1v) is 5.31. The van der Waals surface area contributed by atoms with Gasteiger partial charge < -0.3 is 15.6 Å². The van der Waals surface area contributed by atoms with Crippen molar-refractivity contribution in [2.45, 2.75) is 6.92 Å². The van der Waals surface area contributed by atoms with Gasteiger partial charge in [0.25, 0.3) is 0 Å². The second-order valence-corrected chi connectivity index (χ2v) is 3.72. The summed E-state index contributed by atoms with van der Waals surface area (Å²) in [5, 5.41) is 17.8. The number of phenols is 1. The third-order valence-electron chi connectivity index (χ3n) is 2.22. The third-order valence-corrected chi connectivity index (χ3v) is 2.22. The molecule has 0 bridgehead atoms. The average Bonchev–Trinajstić information content (AvgIpc) is 2.37. The number of hydrogen-bond acceptors (Lipinski definition) is 6. The van der Waals surface area contributed by atoms with Crippen LogP contribution in [0.1, 0.15) is 17.3 Å². The third kappa shape index (κ3) is 3.85. The topological polar surface area (TPSA) is 113 Å². The van der Waals surface area contributed by atoms with Crippen LogP contribution >= 0.6 is 0 Å². The number of ether oxygens (including phenoxy) is 1. The van der Waals surface area contributed by atoms with Crippen molar-refractivity contribution in [1.82, 2.24) is 0 Å². The number of rotatable bonds is 4. The van der Waals surface area contributed by atoms with Gasteiger partial charge in [0.15, 0.2) is 6.61 Å². The lowest BCUT2D eigenvalue weighted by atomic mass is 10.1. The summed E-state index contributed by atoms with van der Waals surface area (Å²) in [6, 6.07) is 7.01. The molecule has 0 fully saturated rings. The molecule has 0 aliphatic carbocycles. The predicted octanol–water partition coefficient (Wildman–Crippen LogP) is 0.874. The first-order valence-electron chi connectivity index (χ1n) is 5.31. The molecular weight excluding hydrogens is 248 g/mol. The fraction of sp³-hybridized carbons (Fsp3) is 0.154. The van der Waals surface area contributed by atoms with Crippen LogP contribution < -0.4 is 5.73 Å². The molecule has 0 atom stereocenters. The van der Waals surface area contributed by atoms with Gasteiger partial charge in [0.1, 0.15) is 17.4 Å². The summed E-state index contributed by atoms with van der Waals surface area (Å²) in [6.07, 6.45) is 0. The second-order valence-electron chi connectivity index (χ2n) is 3.72. The van der Waals surface area contributed by atoms with Crippen LogP contribution in [-0.2, 0) is 9.53 Å². The van der Waals surface area contributed by atoms with Gasteiger partial charge in [-0.25, -0.2) is 4.79 Å². The van der Waals surface area contributed by atoms with Gasteiger partial charge in [-0.05, 0) is 31.2 Å². The monoisotopic (exact) mass is 260 g/mol. The van der Waals surface area contributed by atoms with E-state index in [0.717, 1.165) is 0 Å². The van der Waals surface area contributed by atoms with E-state index >= 15 is 0 Å². The number of benzene rings is 1. The van der Waals surface area contributed by atoms with E-state index in [1.165, 1.54) is 31.2 Å². The van der Waals surface area contributed by atoms with Gasteiger partial charge >= 0.3 is 5.97 Å². The molecule has 0 aliphatic heterocycles. The first-order chi connectivity index (χ1) is 8.95. The summed E-state index contributed by atoms with van der Waals surface area (Å²) in [5.74, 6) is -1.36. The maximum atomic E-state index is 11.6. The Kier molecular flexibility index (Phi) is 4.66. The molecule has 0 heterocycles. The van der Waals surface area contributed by atoms with Gasteiger partial charge in [-0.15, -0.1) is 0 Å². The lowest BCUT2D eigenvalue weighted by Gasteiger charge is -2.04. The van der Waals surface area contributed by atoms with Gasteiger partial charge in [-0.3, -0.25) is 4.79 Å². The molecule has 0 saturated carbocycles. The zero-order valence-electron chi connectivity index (χ0n) is 10.2. The summed E-state index contributed by atoms with van der Waals surface area (Å²) in [5.41, 5.74) is 5.40. The molecular formula is C13H12N2O4. The standard InChI is InChI=1S/C13H12N2O4/c1-8(15)11(6-14)12(17)7-19-13(18)9-2-4-10(16)5-3-9/h2-5,16H,7,15H2,1H3/b11-8+. The number of hydrogen-bond donors (Lipinski definition) is 2. The van der Waals surface area contributed by atoms with Crippen LogP contribution in [0.25, 0.3) is 0 Å². The Balaban J connectivity index is 2.66. The number of allylic oxidation sites excluding steroid dienone is 1. The molecule has 1 aromatic carbocycles. The van der Waals surface area contributed by atoms with Crippen LogP contribution in [0.15, 0.2) is 35.5 Å². The van der Waals surface area contributed by atoms with Crippen LogP contribution in [0.5, 0.6) is 5.75 Å². The Bertz CT molecular complexity index is 563. The van der Waals surface area contributed by atoms with Crippen LogP contribution in [0.2, 0.25) is 0 Å². The summed E-state index contributed by atoms with van der Waals surface area (Å²) in [7, 11) is 0. The number of carbonyl (C=O) groups excluding carboxylic acids is 2. The van der Waals surface area contributed by atoms with E-state index in [0.29, 0.717) is 0 Å². The van der Waals surface area contributed by atoms with E-state index in [2.05, 4.69) is 0 Å². The van der Waals surface area contributed by atoms with Crippen molar-refractivity contribution in [2.75, 3.05) is 6.61 Å². The fourth-order valence-corrected chi connectivity index (χ4v) is 1.25. The van der Waals surface area contributed by atoms with Crippen molar-refractivity contribution in [3.8, 4) is 11.8 Å². The van der Waals surface area contributed by atoms with Gasteiger partial charge in [0.05, 0.1) is 5.56 Å². The number of esters is 1. The highest BCUT2D eigenvalue weighted by atomic mass is 16.5. The summed E-state index contributed by atoms with van der Waals surface area (Å²) in [6.45, 7) is 0.857. The van der Waals surface area contributed by atoms with E-state index in [1.54, 1.807) is 6.07 Å². The molecule has 0 amide bonds. The molecule has 0 unspecified atom stereocenters. The fourth-order valence-electron chi connectivity index (χ4n) is 1.25. The lowest BCUT2D eigenvalue weighted by molar-refractivity contribution is -0.118. The molecule has 0 radical (unpaired) electrons. The summed E-state index contributed by atoms with van der Waals surface area (Å²) < 4.78 is 4.75. The van der Waals surface area contributed by atoms with Crippen LogP contribution in [-0.4, -0.2) is 23.5 Å². The van der Waals surface area contributed by atoms with Crippen molar-refractivity contribution >= 4 is 11.8 Å². The smallest absolute Gasteiger partial charge is 0.338 e. The summed E-state index contributed by atoms with van der Waals surface area (Å²) in [4.78, 5) is 23.1. The number of Topliss-reactive ketones (excluding diaryl/α,β-unsaturated/α-hetero) is 1. The highest BCUT2D eigenvalue weighted by molar-refractivity contribution is 6.02. The molecule has 3 N–H and O–H groups in total. The number of aromatic hydroxyl groups is 1. The molecule has 0 saturated heterocycles. The Morgan fingerprint density at radius 2 is 1.95 bits per heavy atom. The normalized spacial score (nSPS) is 11.2. The predicted molar refractivity (Wildman–Crippen MR) is 65.9 cm³/mol. The number of phenolic OH excluding ortho intramolecular Hbond substituents is 1. The molecule has 1 rings (SSSR count). The van der Waals surface area contributed by atoms with Crippen LogP contribution in [0, 0.1) is 11.3 Å². The maximum absolute atomic E-state index is 11.6. The Labute approximate surface area is 109 Å². The minimum absolute atomic E-state index is 0.0149. The Hall–Kier alpha value is -2.81. The van der Waals surface area contributed by atoms with E-state index < -0.39 is 18.4 Å². The first kappa shape index (κ1) is 14.3.